The Bertz CT molecular complexity index is 4180. The minimum atomic E-state index is 0.502. The summed E-state index contributed by atoms with van der Waals surface area (Å²) in [7, 11) is 0. The van der Waals surface area contributed by atoms with Gasteiger partial charge in [-0.3, -0.25) is 0 Å². The fourth-order valence-electron chi connectivity index (χ4n) is 10.4. The fourth-order valence-corrected chi connectivity index (χ4v) is 10.4. The van der Waals surface area contributed by atoms with Crippen molar-refractivity contribution in [2.24, 2.45) is 0 Å². The predicted molar refractivity (Wildman–Crippen MR) is 291 cm³/mol. The normalized spacial score (nSPS) is 11.3. The highest BCUT2D eigenvalue weighted by Crippen LogP contribution is 2.44. The van der Waals surface area contributed by atoms with Gasteiger partial charge in [0.15, 0.2) is 17.5 Å². The van der Waals surface area contributed by atoms with Crippen LogP contribution in [-0.2, 0) is 0 Å². The van der Waals surface area contributed by atoms with Crippen LogP contribution < -0.4 is 0 Å². The van der Waals surface area contributed by atoms with E-state index in [0.29, 0.717) is 28.6 Å². The first kappa shape index (κ1) is 41.9. The highest BCUT2D eigenvalue weighted by atomic mass is 15.1. The lowest BCUT2D eigenvalue weighted by atomic mass is 9.98. The summed E-state index contributed by atoms with van der Waals surface area (Å²) >= 11 is 0. The SMILES string of the molecule is N#Cc1ccccc1-c1ccc2c3ccc(-c4ccccc4C#N)cc3n(-c3ccc(-c4cccc5c6ccccc6n(-c6ccccc6)c45)cc3-c3nc(-c4ccccc4)nc(-c4ccccc4)n3)c2c1. The summed E-state index contributed by atoms with van der Waals surface area (Å²) in [5.41, 5.74) is 15.2. The molecule has 334 valence electrons. The number of nitrogens with zero attached hydrogens (tertiary/aromatic N) is 7. The number of rotatable bonds is 8. The molecule has 0 aliphatic heterocycles. The molecule has 0 aliphatic rings. The molecule has 0 aliphatic carbocycles. The fraction of sp³-hybridized carbons (Fsp3) is 0. The molecule has 7 nitrogen and oxygen atoms in total. The first-order valence-electron chi connectivity index (χ1n) is 23.8. The van der Waals surface area contributed by atoms with E-state index in [-0.39, 0.29) is 0 Å². The summed E-state index contributed by atoms with van der Waals surface area (Å²) in [6.07, 6.45) is 0. The van der Waals surface area contributed by atoms with Gasteiger partial charge in [-0.05, 0) is 82.4 Å². The molecule has 3 heterocycles. The van der Waals surface area contributed by atoms with Crippen molar-refractivity contribution >= 4 is 43.6 Å². The second-order valence-corrected chi connectivity index (χ2v) is 17.8. The topological polar surface area (TPSA) is 96.1 Å². The van der Waals surface area contributed by atoms with Gasteiger partial charge >= 0.3 is 0 Å². The summed E-state index contributed by atoms with van der Waals surface area (Å²) in [5, 5.41) is 25.0. The third kappa shape index (κ3) is 7.00. The van der Waals surface area contributed by atoms with Gasteiger partial charge in [-0.1, -0.05) is 182 Å². The molecule has 0 bridgehead atoms. The molecule has 0 N–H and O–H groups in total. The Hall–Kier alpha value is -10.2. The Kier molecular flexibility index (Phi) is 10.1. The lowest BCUT2D eigenvalue weighted by Gasteiger charge is -2.18. The van der Waals surface area contributed by atoms with Crippen molar-refractivity contribution in [3.8, 4) is 91.1 Å². The van der Waals surface area contributed by atoms with Crippen LogP contribution in [0.5, 0.6) is 0 Å². The molecule has 0 saturated carbocycles. The van der Waals surface area contributed by atoms with Gasteiger partial charge in [0.05, 0.1) is 51.0 Å². The van der Waals surface area contributed by atoms with Crippen LogP contribution in [0.3, 0.4) is 0 Å². The van der Waals surface area contributed by atoms with Gasteiger partial charge in [0, 0.05) is 49.5 Å². The van der Waals surface area contributed by atoms with Gasteiger partial charge in [-0.2, -0.15) is 10.5 Å². The minimum absolute atomic E-state index is 0.502. The van der Waals surface area contributed by atoms with E-state index in [1.54, 1.807) is 0 Å². The van der Waals surface area contributed by atoms with Crippen molar-refractivity contribution in [3.63, 3.8) is 0 Å². The molecule has 10 aromatic carbocycles. The molecule has 0 radical (unpaired) electrons. The van der Waals surface area contributed by atoms with E-state index in [2.05, 4.69) is 149 Å². The number of aromatic nitrogens is 5. The van der Waals surface area contributed by atoms with Crippen LogP contribution in [0.4, 0.5) is 0 Å². The molecule has 13 aromatic rings. The van der Waals surface area contributed by atoms with E-state index >= 15 is 0 Å². The molecule has 0 amide bonds. The van der Waals surface area contributed by atoms with Crippen LogP contribution in [-0.4, -0.2) is 24.1 Å². The Morgan fingerprint density at radius 2 is 0.764 bits per heavy atom. The van der Waals surface area contributed by atoms with Crippen molar-refractivity contribution < 1.29 is 0 Å². The first-order chi connectivity index (χ1) is 35.6. The van der Waals surface area contributed by atoms with Crippen LogP contribution in [0.2, 0.25) is 0 Å². The molecule has 0 spiro atoms. The maximum Gasteiger partial charge on any atom is 0.166 e. The number of hydrogen-bond donors (Lipinski definition) is 0. The van der Waals surface area contributed by atoms with Crippen molar-refractivity contribution in [1.29, 1.82) is 10.5 Å². The molecule has 72 heavy (non-hydrogen) atoms. The molecule has 3 aromatic heterocycles. The van der Waals surface area contributed by atoms with Gasteiger partial charge < -0.3 is 9.13 Å². The standard InChI is InChI=1S/C65H39N7/c66-40-47-21-10-12-25-50(47)45-31-34-54-55-35-32-46(51-26-13-11-22-48(51)41-67)39-61(55)72(60(54)38-45)59-36-33-44(52-28-16-29-56-53-27-14-15-30-58(53)71(62(52)56)49-23-8-3-9-24-49)37-57(59)65-69-63(42-17-4-1-5-18-42)68-64(70-65)43-19-6-2-7-20-43/h1-39H. The molecule has 0 fully saturated rings. The van der Waals surface area contributed by atoms with Crippen LogP contribution in [0.1, 0.15) is 11.1 Å². The van der Waals surface area contributed by atoms with Crippen molar-refractivity contribution in [2.75, 3.05) is 0 Å². The van der Waals surface area contributed by atoms with E-state index in [0.717, 1.165) is 99.7 Å². The van der Waals surface area contributed by atoms with Crippen LogP contribution in [0.15, 0.2) is 237 Å². The largest absolute Gasteiger partial charge is 0.309 e. The smallest absolute Gasteiger partial charge is 0.166 e. The zero-order valence-corrected chi connectivity index (χ0v) is 38.6. The van der Waals surface area contributed by atoms with E-state index in [1.165, 1.54) is 5.39 Å². The highest BCUT2D eigenvalue weighted by Gasteiger charge is 2.24. The molecular weight excluding hydrogens is 879 g/mol. The second kappa shape index (κ2) is 17.4. The van der Waals surface area contributed by atoms with Gasteiger partial charge in [-0.15, -0.1) is 0 Å². The lowest BCUT2D eigenvalue weighted by Crippen LogP contribution is -2.04. The predicted octanol–water partition coefficient (Wildman–Crippen LogP) is 15.8. The van der Waals surface area contributed by atoms with E-state index in [9.17, 15) is 10.5 Å². The highest BCUT2D eigenvalue weighted by molar-refractivity contribution is 6.15. The van der Waals surface area contributed by atoms with Crippen LogP contribution in [0.25, 0.3) is 123 Å². The monoisotopic (exact) mass is 917 g/mol. The quantitative estimate of drug-likeness (QED) is 0.151. The number of hydrogen-bond acceptors (Lipinski definition) is 5. The van der Waals surface area contributed by atoms with Gasteiger partial charge in [0.2, 0.25) is 0 Å². The molecule has 13 rings (SSSR count). The van der Waals surface area contributed by atoms with Crippen molar-refractivity contribution in [2.45, 2.75) is 0 Å². The van der Waals surface area contributed by atoms with E-state index in [1.807, 2.05) is 109 Å². The second-order valence-electron chi connectivity index (χ2n) is 17.8. The molecule has 7 heteroatoms. The molecule has 0 atom stereocenters. The third-order valence-corrected chi connectivity index (χ3v) is 13.7. The number of nitriles is 2. The summed E-state index contributed by atoms with van der Waals surface area (Å²) < 4.78 is 4.67. The Balaban J connectivity index is 1.16. The molecule has 0 unspecified atom stereocenters. The van der Waals surface area contributed by atoms with Gasteiger partial charge in [0.1, 0.15) is 0 Å². The van der Waals surface area contributed by atoms with E-state index < -0.39 is 0 Å². The van der Waals surface area contributed by atoms with Gasteiger partial charge in [0.25, 0.3) is 0 Å². The Labute approximate surface area is 415 Å². The van der Waals surface area contributed by atoms with Crippen LogP contribution in [0, 0.1) is 22.7 Å². The third-order valence-electron chi connectivity index (χ3n) is 13.7. The van der Waals surface area contributed by atoms with Crippen molar-refractivity contribution in [3.05, 3.63) is 248 Å². The van der Waals surface area contributed by atoms with E-state index in [4.69, 9.17) is 15.0 Å². The number of benzene rings is 10. The maximum atomic E-state index is 10.3. The summed E-state index contributed by atoms with van der Waals surface area (Å²) in [6, 6.07) is 85.6. The lowest BCUT2D eigenvalue weighted by molar-refractivity contribution is 1.06. The van der Waals surface area contributed by atoms with Gasteiger partial charge in [-0.25, -0.2) is 15.0 Å². The summed E-state index contributed by atoms with van der Waals surface area (Å²) in [5.74, 6) is 1.60. The number of para-hydroxylation sites is 3. The molecule has 0 saturated heterocycles. The summed E-state index contributed by atoms with van der Waals surface area (Å²) in [6.45, 7) is 0. The first-order valence-corrected chi connectivity index (χ1v) is 23.8. The molecular formula is C65H39N7. The summed E-state index contributed by atoms with van der Waals surface area (Å²) in [4.78, 5) is 15.9. The minimum Gasteiger partial charge on any atom is -0.309 e. The Morgan fingerprint density at radius 3 is 1.36 bits per heavy atom. The maximum absolute atomic E-state index is 10.3. The Morgan fingerprint density at radius 1 is 0.306 bits per heavy atom. The average molecular weight is 918 g/mol. The van der Waals surface area contributed by atoms with Crippen LogP contribution >= 0.6 is 0 Å². The average Bonchev–Trinajstić information content (AvgIpc) is 3.97. The van der Waals surface area contributed by atoms with Crippen molar-refractivity contribution in [1.82, 2.24) is 24.1 Å². The number of fused-ring (bicyclic) bond motifs is 6. The zero-order valence-electron chi connectivity index (χ0n) is 38.6. The zero-order chi connectivity index (χ0) is 48.1.